The number of fused-ring (bicyclic) bond motifs is 1. The van der Waals surface area contributed by atoms with Crippen molar-refractivity contribution in [2.75, 3.05) is 11.9 Å². The third-order valence-electron chi connectivity index (χ3n) is 3.12. The van der Waals surface area contributed by atoms with E-state index in [4.69, 9.17) is 0 Å². The van der Waals surface area contributed by atoms with Crippen molar-refractivity contribution in [1.82, 2.24) is 9.97 Å². The highest BCUT2D eigenvalue weighted by molar-refractivity contribution is 7.09. The Labute approximate surface area is 105 Å². The van der Waals surface area contributed by atoms with E-state index in [-0.39, 0.29) is 0 Å². The lowest BCUT2D eigenvalue weighted by atomic mass is 10.2. The van der Waals surface area contributed by atoms with Crippen LogP contribution >= 0.6 is 11.3 Å². The van der Waals surface area contributed by atoms with Crippen LogP contribution in [0.1, 0.15) is 22.6 Å². The van der Waals surface area contributed by atoms with Gasteiger partial charge in [0, 0.05) is 22.7 Å². The molecule has 0 fully saturated rings. The highest BCUT2D eigenvalue weighted by atomic mass is 32.1. The zero-order chi connectivity index (χ0) is 11.5. The van der Waals surface area contributed by atoms with Gasteiger partial charge in [0.25, 0.3) is 0 Å². The molecule has 3 nitrogen and oxygen atoms in total. The Balaban J connectivity index is 1.64. The molecule has 88 valence electrons. The quantitative estimate of drug-likeness (QED) is 0.900. The maximum atomic E-state index is 4.35. The molecule has 0 atom stereocenters. The monoisotopic (exact) mass is 245 g/mol. The van der Waals surface area contributed by atoms with Crippen molar-refractivity contribution in [2.45, 2.75) is 25.7 Å². The number of nitrogens with zero attached hydrogens (tertiary/aromatic N) is 2. The van der Waals surface area contributed by atoms with Crippen LogP contribution in [0.25, 0.3) is 0 Å². The van der Waals surface area contributed by atoms with Gasteiger partial charge < -0.3 is 5.32 Å². The van der Waals surface area contributed by atoms with Crippen LogP contribution in [-0.2, 0) is 19.3 Å². The Kier molecular flexibility index (Phi) is 3.05. The summed E-state index contributed by atoms with van der Waals surface area (Å²) in [5.74, 6) is 1.05. The molecule has 0 unspecified atom stereocenters. The van der Waals surface area contributed by atoms with Gasteiger partial charge in [-0.3, -0.25) is 0 Å². The summed E-state index contributed by atoms with van der Waals surface area (Å²) < 4.78 is 0. The molecule has 1 aliphatic carbocycles. The van der Waals surface area contributed by atoms with Crippen LogP contribution in [0.3, 0.4) is 0 Å². The zero-order valence-corrected chi connectivity index (χ0v) is 10.5. The van der Waals surface area contributed by atoms with Gasteiger partial charge in [-0.1, -0.05) is 6.07 Å². The summed E-state index contributed by atoms with van der Waals surface area (Å²) in [6.45, 7) is 0.948. The molecule has 1 N–H and O–H groups in total. The molecule has 2 aromatic heterocycles. The fourth-order valence-electron chi connectivity index (χ4n) is 2.27. The second-order valence-electron chi connectivity index (χ2n) is 4.26. The molecule has 0 radical (unpaired) electrons. The largest absolute Gasteiger partial charge is 0.369 e. The number of nitrogens with one attached hydrogen (secondary N) is 1. The van der Waals surface area contributed by atoms with Crippen molar-refractivity contribution in [3.8, 4) is 0 Å². The molecule has 0 spiro atoms. The minimum Gasteiger partial charge on any atom is -0.369 e. The van der Waals surface area contributed by atoms with Crippen LogP contribution in [-0.4, -0.2) is 16.5 Å². The van der Waals surface area contributed by atoms with Crippen molar-refractivity contribution in [3.05, 3.63) is 40.0 Å². The molecular formula is C13H15N3S. The topological polar surface area (TPSA) is 37.8 Å². The van der Waals surface area contributed by atoms with Crippen LogP contribution in [0.15, 0.2) is 23.8 Å². The summed E-state index contributed by atoms with van der Waals surface area (Å²) in [4.78, 5) is 10.1. The van der Waals surface area contributed by atoms with Crippen LogP contribution in [0.5, 0.6) is 0 Å². The van der Waals surface area contributed by atoms with Crippen LogP contribution < -0.4 is 5.32 Å². The van der Waals surface area contributed by atoms with E-state index >= 15 is 0 Å². The summed E-state index contributed by atoms with van der Waals surface area (Å²) >= 11 is 1.81. The predicted molar refractivity (Wildman–Crippen MR) is 70.6 cm³/mol. The van der Waals surface area contributed by atoms with Gasteiger partial charge in [-0.05, 0) is 37.1 Å². The Morgan fingerprint density at radius 2 is 2.29 bits per heavy atom. The van der Waals surface area contributed by atoms with Crippen molar-refractivity contribution < 1.29 is 0 Å². The molecule has 17 heavy (non-hydrogen) atoms. The molecule has 0 aliphatic heterocycles. The van der Waals surface area contributed by atoms with Gasteiger partial charge in [0.2, 0.25) is 0 Å². The number of hydrogen-bond donors (Lipinski definition) is 1. The highest BCUT2D eigenvalue weighted by Crippen LogP contribution is 2.24. The number of hydrogen-bond acceptors (Lipinski definition) is 4. The van der Waals surface area contributed by atoms with Gasteiger partial charge in [0.1, 0.15) is 12.1 Å². The van der Waals surface area contributed by atoms with E-state index in [1.807, 2.05) is 11.3 Å². The Hall–Kier alpha value is -1.42. The molecule has 0 saturated carbocycles. The second-order valence-corrected chi connectivity index (χ2v) is 5.29. The Morgan fingerprint density at radius 1 is 1.29 bits per heavy atom. The van der Waals surface area contributed by atoms with Crippen LogP contribution in [0.4, 0.5) is 5.82 Å². The van der Waals surface area contributed by atoms with Gasteiger partial charge >= 0.3 is 0 Å². The zero-order valence-electron chi connectivity index (χ0n) is 9.65. The van der Waals surface area contributed by atoms with E-state index in [2.05, 4.69) is 32.8 Å². The molecule has 0 saturated heterocycles. The number of thiophene rings is 1. The van der Waals surface area contributed by atoms with E-state index in [0.717, 1.165) is 31.6 Å². The number of aromatic nitrogens is 2. The second kappa shape index (κ2) is 4.84. The summed E-state index contributed by atoms with van der Waals surface area (Å²) in [6.07, 6.45) is 6.19. The molecule has 2 heterocycles. The molecule has 1 aliphatic rings. The van der Waals surface area contributed by atoms with Crippen LogP contribution in [0.2, 0.25) is 0 Å². The fraction of sp³-hybridized carbons (Fsp3) is 0.385. The summed E-state index contributed by atoms with van der Waals surface area (Å²) in [6, 6.07) is 4.28. The first-order valence-electron chi connectivity index (χ1n) is 6.02. The van der Waals surface area contributed by atoms with E-state index in [0.29, 0.717) is 0 Å². The fourth-order valence-corrected chi connectivity index (χ4v) is 2.98. The van der Waals surface area contributed by atoms with Crippen molar-refractivity contribution in [3.63, 3.8) is 0 Å². The smallest absolute Gasteiger partial charge is 0.132 e. The molecular weight excluding hydrogens is 230 g/mol. The number of anilines is 1. The Bertz CT molecular complexity index is 493. The van der Waals surface area contributed by atoms with Gasteiger partial charge in [-0.15, -0.1) is 11.3 Å². The molecule has 3 rings (SSSR count). The maximum Gasteiger partial charge on any atom is 0.132 e. The third-order valence-corrected chi connectivity index (χ3v) is 4.06. The molecule has 4 heteroatoms. The van der Waals surface area contributed by atoms with Gasteiger partial charge in [-0.2, -0.15) is 0 Å². The first-order valence-corrected chi connectivity index (χ1v) is 6.90. The minimum atomic E-state index is 0.948. The maximum absolute atomic E-state index is 4.35. The lowest BCUT2D eigenvalue weighted by Gasteiger charge is -2.08. The lowest BCUT2D eigenvalue weighted by molar-refractivity contribution is 0.899. The van der Waals surface area contributed by atoms with Gasteiger partial charge in [0.05, 0.1) is 0 Å². The van der Waals surface area contributed by atoms with Crippen molar-refractivity contribution >= 4 is 17.2 Å². The first kappa shape index (κ1) is 10.7. The van der Waals surface area contributed by atoms with Crippen molar-refractivity contribution in [2.24, 2.45) is 0 Å². The highest BCUT2D eigenvalue weighted by Gasteiger charge is 2.16. The standard InChI is InChI=1S/C13H15N3S/c1-4-11-12(5-1)15-9-16-13(11)14-7-6-10-3-2-8-17-10/h2-3,8-9H,1,4-7H2,(H,14,15,16). The minimum absolute atomic E-state index is 0.948. The number of aryl methyl sites for hydroxylation is 1. The van der Waals surface area contributed by atoms with Gasteiger partial charge in [0.15, 0.2) is 0 Å². The van der Waals surface area contributed by atoms with E-state index < -0.39 is 0 Å². The Morgan fingerprint density at radius 3 is 3.18 bits per heavy atom. The molecule has 2 aromatic rings. The molecule has 0 amide bonds. The summed E-state index contributed by atoms with van der Waals surface area (Å²) in [5.41, 5.74) is 2.57. The molecule has 0 bridgehead atoms. The number of rotatable bonds is 4. The average Bonchev–Trinajstić information content (AvgIpc) is 2.99. The van der Waals surface area contributed by atoms with E-state index in [9.17, 15) is 0 Å². The van der Waals surface area contributed by atoms with E-state index in [1.54, 1.807) is 6.33 Å². The summed E-state index contributed by atoms with van der Waals surface area (Å²) in [7, 11) is 0. The average molecular weight is 245 g/mol. The van der Waals surface area contributed by atoms with Crippen molar-refractivity contribution in [1.29, 1.82) is 0 Å². The SMILES string of the molecule is c1csc(CCNc2ncnc3c2CCC3)c1. The normalized spacial score (nSPS) is 13.6. The molecule has 0 aromatic carbocycles. The summed E-state index contributed by atoms with van der Waals surface area (Å²) in [5, 5.41) is 5.56. The predicted octanol–water partition coefficient (Wildman–Crippen LogP) is 2.68. The third kappa shape index (κ3) is 2.31. The van der Waals surface area contributed by atoms with Gasteiger partial charge in [-0.25, -0.2) is 9.97 Å². The van der Waals surface area contributed by atoms with Crippen LogP contribution in [0, 0.1) is 0 Å². The lowest BCUT2D eigenvalue weighted by Crippen LogP contribution is -2.08. The van der Waals surface area contributed by atoms with E-state index in [1.165, 1.54) is 22.6 Å². The first-order chi connectivity index (χ1) is 8.43.